The quantitative estimate of drug-likeness (QED) is 0.508. The monoisotopic (exact) mass is 377 g/mol. The number of carbonyl (C=O) groups excluding carboxylic acids is 1. The molecule has 26 heavy (non-hydrogen) atoms. The highest BCUT2D eigenvalue weighted by atomic mass is 32.1. The summed E-state index contributed by atoms with van der Waals surface area (Å²) < 4.78 is 13.0. The van der Waals surface area contributed by atoms with Gasteiger partial charge < -0.3 is 16.4 Å². The highest BCUT2D eigenvalue weighted by Crippen LogP contribution is 2.16. The molecule has 2 rings (SSSR count). The van der Waals surface area contributed by atoms with Crippen molar-refractivity contribution >= 4 is 23.2 Å². The number of nitrogens with one attached hydrogen (secondary N) is 2. The van der Waals surface area contributed by atoms with Crippen LogP contribution in [0.25, 0.3) is 0 Å². The molecule has 1 heterocycles. The minimum atomic E-state index is -0.427. The number of aromatic nitrogens is 1. The van der Waals surface area contributed by atoms with Crippen molar-refractivity contribution < 1.29 is 9.18 Å². The molecule has 4 N–H and O–H groups in total. The Balaban J connectivity index is 1.89. The average molecular weight is 377 g/mol. The van der Waals surface area contributed by atoms with Gasteiger partial charge >= 0.3 is 0 Å². The second-order valence-corrected chi connectivity index (χ2v) is 7.27. The van der Waals surface area contributed by atoms with Crippen LogP contribution in [0.15, 0.2) is 29.3 Å². The lowest BCUT2D eigenvalue weighted by Crippen LogP contribution is -2.42. The molecule has 0 aliphatic rings. The fraction of sp³-hybridized carbons (Fsp3) is 0.389. The molecule has 0 saturated heterocycles. The molecule has 140 valence electrons. The molecule has 6 nitrogen and oxygen atoms in total. The summed E-state index contributed by atoms with van der Waals surface area (Å²) in [6, 6.07) is 6.07. The highest BCUT2D eigenvalue weighted by molar-refractivity contribution is 7.11. The van der Waals surface area contributed by atoms with E-state index in [1.54, 1.807) is 30.5 Å². The smallest absolute Gasteiger partial charge is 0.222 e. The minimum absolute atomic E-state index is 0.306. The molecule has 0 bridgehead atoms. The van der Waals surface area contributed by atoms with E-state index in [2.05, 4.69) is 20.6 Å². The van der Waals surface area contributed by atoms with Crippen molar-refractivity contribution in [1.29, 1.82) is 0 Å². The first kappa shape index (κ1) is 19.8. The molecule has 1 aromatic heterocycles. The Bertz CT molecular complexity index is 753. The van der Waals surface area contributed by atoms with Gasteiger partial charge in [-0.15, -0.1) is 11.3 Å². The predicted octanol–water partition coefficient (Wildman–Crippen LogP) is 1.91. The first-order valence-corrected chi connectivity index (χ1v) is 9.12. The van der Waals surface area contributed by atoms with Crippen LogP contribution in [0.5, 0.6) is 0 Å². The van der Waals surface area contributed by atoms with E-state index in [1.807, 2.05) is 13.8 Å². The third-order valence-corrected chi connectivity index (χ3v) is 5.09. The molecule has 1 aromatic carbocycles. The van der Waals surface area contributed by atoms with Crippen molar-refractivity contribution in [3.8, 4) is 0 Å². The standard InChI is InChI=1S/C18H24FN5OS/c1-11-12(2)26-16(24-11)10-23-18(21-3)22-9-14(17(20)25)8-13-4-6-15(19)7-5-13/h4-7,14H,8-10H2,1-3H3,(H2,20,25)(H2,21,22,23). The fourth-order valence-electron chi connectivity index (χ4n) is 2.39. The predicted molar refractivity (Wildman–Crippen MR) is 103 cm³/mol. The van der Waals surface area contributed by atoms with Crippen molar-refractivity contribution in [2.24, 2.45) is 16.6 Å². The number of aryl methyl sites for hydroxylation is 2. The maximum Gasteiger partial charge on any atom is 0.222 e. The van der Waals surface area contributed by atoms with Gasteiger partial charge in [-0.1, -0.05) is 12.1 Å². The Morgan fingerprint density at radius 1 is 1.31 bits per heavy atom. The number of amides is 1. The van der Waals surface area contributed by atoms with E-state index in [9.17, 15) is 9.18 Å². The number of hydrogen-bond acceptors (Lipinski definition) is 4. The van der Waals surface area contributed by atoms with Gasteiger partial charge in [-0.05, 0) is 38.0 Å². The number of rotatable bonds is 7. The van der Waals surface area contributed by atoms with Gasteiger partial charge in [-0.3, -0.25) is 9.79 Å². The van der Waals surface area contributed by atoms with Crippen LogP contribution in [0.2, 0.25) is 0 Å². The van der Waals surface area contributed by atoms with Gasteiger partial charge in [0.25, 0.3) is 0 Å². The van der Waals surface area contributed by atoms with Crippen molar-refractivity contribution in [2.45, 2.75) is 26.8 Å². The molecule has 1 amide bonds. The molecule has 8 heteroatoms. The number of carbonyl (C=O) groups is 1. The molecular formula is C18H24FN5OS. The van der Waals surface area contributed by atoms with Crippen LogP contribution in [0.4, 0.5) is 4.39 Å². The topological polar surface area (TPSA) is 92.4 Å². The minimum Gasteiger partial charge on any atom is -0.369 e. The van der Waals surface area contributed by atoms with Crippen molar-refractivity contribution in [3.63, 3.8) is 0 Å². The summed E-state index contributed by atoms with van der Waals surface area (Å²) in [6.45, 7) is 4.91. The summed E-state index contributed by atoms with van der Waals surface area (Å²) in [6.07, 6.45) is 0.435. The van der Waals surface area contributed by atoms with Gasteiger partial charge in [-0.2, -0.15) is 0 Å². The SMILES string of the molecule is CN=C(NCc1nc(C)c(C)s1)NCC(Cc1ccc(F)cc1)C(N)=O. The van der Waals surface area contributed by atoms with Crippen LogP contribution in [-0.2, 0) is 17.8 Å². The largest absolute Gasteiger partial charge is 0.369 e. The summed E-state index contributed by atoms with van der Waals surface area (Å²) in [5, 5.41) is 7.26. The first-order valence-electron chi connectivity index (χ1n) is 8.30. The summed E-state index contributed by atoms with van der Waals surface area (Å²) in [4.78, 5) is 21.5. The van der Waals surface area contributed by atoms with Crippen LogP contribution in [0, 0.1) is 25.6 Å². The van der Waals surface area contributed by atoms with Gasteiger partial charge in [-0.25, -0.2) is 9.37 Å². The third kappa shape index (κ3) is 5.80. The van der Waals surface area contributed by atoms with Crippen LogP contribution >= 0.6 is 11.3 Å². The van der Waals surface area contributed by atoms with Gasteiger partial charge in [0.2, 0.25) is 5.91 Å². The molecule has 0 spiro atoms. The summed E-state index contributed by atoms with van der Waals surface area (Å²) in [5.74, 6) is -0.576. The van der Waals surface area contributed by atoms with E-state index < -0.39 is 11.8 Å². The fourth-order valence-corrected chi connectivity index (χ4v) is 3.27. The number of primary amides is 1. The Morgan fingerprint density at radius 3 is 2.54 bits per heavy atom. The summed E-state index contributed by atoms with van der Waals surface area (Å²) in [7, 11) is 1.66. The number of nitrogens with zero attached hydrogens (tertiary/aromatic N) is 2. The molecule has 0 radical (unpaired) electrons. The van der Waals surface area contributed by atoms with Crippen LogP contribution in [0.3, 0.4) is 0 Å². The zero-order valence-corrected chi connectivity index (χ0v) is 16.0. The molecule has 2 aromatic rings. The maximum atomic E-state index is 13.0. The first-order chi connectivity index (χ1) is 12.4. The maximum absolute atomic E-state index is 13.0. The highest BCUT2D eigenvalue weighted by Gasteiger charge is 2.17. The molecule has 1 unspecified atom stereocenters. The van der Waals surface area contributed by atoms with Gasteiger partial charge in [0.1, 0.15) is 10.8 Å². The van der Waals surface area contributed by atoms with E-state index >= 15 is 0 Å². The lowest BCUT2D eigenvalue weighted by Gasteiger charge is -2.17. The number of benzene rings is 1. The Labute approximate surface area is 156 Å². The average Bonchev–Trinajstić information content (AvgIpc) is 2.93. The second-order valence-electron chi connectivity index (χ2n) is 5.99. The molecule has 0 saturated carbocycles. The zero-order chi connectivity index (χ0) is 19.1. The number of guanidine groups is 1. The van der Waals surface area contributed by atoms with Crippen LogP contribution in [0.1, 0.15) is 21.1 Å². The molecule has 0 aliphatic heterocycles. The van der Waals surface area contributed by atoms with Crippen molar-refractivity contribution in [3.05, 3.63) is 51.2 Å². The number of thiazole rings is 1. The van der Waals surface area contributed by atoms with Crippen molar-refractivity contribution in [1.82, 2.24) is 15.6 Å². The normalized spacial score (nSPS) is 12.7. The summed E-state index contributed by atoms with van der Waals surface area (Å²) in [5.41, 5.74) is 7.39. The number of nitrogens with two attached hydrogens (primary N) is 1. The number of aliphatic imine (C=N–C) groups is 1. The lowest BCUT2D eigenvalue weighted by atomic mass is 9.98. The molecule has 0 fully saturated rings. The van der Waals surface area contributed by atoms with Gasteiger partial charge in [0.15, 0.2) is 5.96 Å². The molecule has 0 aliphatic carbocycles. The zero-order valence-electron chi connectivity index (χ0n) is 15.2. The second kappa shape index (κ2) is 9.28. The van der Waals surface area contributed by atoms with E-state index in [1.165, 1.54) is 17.0 Å². The van der Waals surface area contributed by atoms with Crippen molar-refractivity contribution in [2.75, 3.05) is 13.6 Å². The Kier molecular flexibility index (Phi) is 7.08. The van der Waals surface area contributed by atoms with E-state index in [4.69, 9.17) is 5.73 Å². The number of halogens is 1. The van der Waals surface area contributed by atoms with E-state index in [0.717, 1.165) is 16.3 Å². The third-order valence-electron chi connectivity index (χ3n) is 4.02. The van der Waals surface area contributed by atoms with Crippen LogP contribution in [-0.4, -0.2) is 30.4 Å². The lowest BCUT2D eigenvalue weighted by molar-refractivity contribution is -0.121. The van der Waals surface area contributed by atoms with Crippen LogP contribution < -0.4 is 16.4 Å². The summed E-state index contributed by atoms with van der Waals surface area (Å²) >= 11 is 1.64. The van der Waals surface area contributed by atoms with Gasteiger partial charge in [0, 0.05) is 18.5 Å². The van der Waals surface area contributed by atoms with Gasteiger partial charge in [0.05, 0.1) is 18.2 Å². The van der Waals surface area contributed by atoms with E-state index in [-0.39, 0.29) is 5.82 Å². The van der Waals surface area contributed by atoms with E-state index in [0.29, 0.717) is 25.5 Å². The number of hydrogen-bond donors (Lipinski definition) is 3. The Morgan fingerprint density at radius 2 is 2.00 bits per heavy atom. The Hall–Kier alpha value is -2.48. The molecular weight excluding hydrogens is 353 g/mol. The molecule has 1 atom stereocenters.